The molecule has 7 nitrogen and oxygen atoms in total. The molecule has 0 fully saturated rings. The topological polar surface area (TPSA) is 91.0 Å². The van der Waals surface area contributed by atoms with Crippen molar-refractivity contribution in [2.24, 2.45) is 0 Å². The lowest BCUT2D eigenvalue weighted by molar-refractivity contribution is 0.0431. The number of benzene rings is 1. The van der Waals surface area contributed by atoms with E-state index in [4.69, 9.17) is 9.15 Å². The van der Waals surface area contributed by atoms with Gasteiger partial charge in [-0.05, 0) is 19.1 Å². The Kier molecular flexibility index (Phi) is 3.86. The fraction of sp³-hybridized carbons (Fsp3) is 0.133. The van der Waals surface area contributed by atoms with Crippen molar-refractivity contribution in [3.8, 4) is 11.5 Å². The van der Waals surface area contributed by atoms with Gasteiger partial charge in [0.2, 0.25) is 5.89 Å². The summed E-state index contributed by atoms with van der Waals surface area (Å²) in [5.41, 5.74) is 2.03. The molecule has 0 saturated heterocycles. The second-order valence-corrected chi connectivity index (χ2v) is 4.54. The van der Waals surface area contributed by atoms with E-state index in [1.54, 1.807) is 0 Å². The third kappa shape index (κ3) is 3.14. The van der Waals surface area contributed by atoms with Crippen molar-refractivity contribution < 1.29 is 13.9 Å². The summed E-state index contributed by atoms with van der Waals surface area (Å²) in [4.78, 5) is 19.4. The molecule has 0 atom stereocenters. The number of ether oxygens (including phenoxy) is 1. The first kappa shape index (κ1) is 13.9. The van der Waals surface area contributed by atoms with E-state index in [0.717, 1.165) is 11.1 Å². The molecule has 3 rings (SSSR count). The lowest BCUT2D eigenvalue weighted by Crippen LogP contribution is -2.07. The van der Waals surface area contributed by atoms with Gasteiger partial charge in [0.05, 0.1) is 6.20 Å². The Balaban J connectivity index is 1.66. The van der Waals surface area contributed by atoms with Crippen LogP contribution in [0.2, 0.25) is 0 Å². The zero-order valence-electron chi connectivity index (χ0n) is 11.8. The minimum atomic E-state index is -0.594. The maximum atomic E-state index is 11.7. The summed E-state index contributed by atoms with van der Waals surface area (Å²) in [6.07, 6.45) is 4.22. The number of hydrogen-bond donors (Lipinski definition) is 0. The summed E-state index contributed by atoms with van der Waals surface area (Å²) in [5, 5.41) is 7.80. The summed E-state index contributed by atoms with van der Waals surface area (Å²) >= 11 is 0. The molecule has 0 saturated carbocycles. The summed E-state index contributed by atoms with van der Waals surface area (Å²) in [6.45, 7) is 1.86. The normalized spacial score (nSPS) is 10.4. The largest absolute Gasteiger partial charge is 0.451 e. The van der Waals surface area contributed by atoms with Crippen molar-refractivity contribution in [2.45, 2.75) is 13.5 Å². The number of hydrogen-bond acceptors (Lipinski definition) is 7. The van der Waals surface area contributed by atoms with Crippen molar-refractivity contribution in [3.63, 3.8) is 0 Å². The van der Waals surface area contributed by atoms with E-state index in [9.17, 15) is 4.79 Å². The molecule has 0 amide bonds. The SMILES string of the molecule is Cc1cccc(-c2nnc(COC(=O)c3cnccn3)o2)c1. The van der Waals surface area contributed by atoms with Crippen molar-refractivity contribution >= 4 is 5.97 Å². The van der Waals surface area contributed by atoms with Gasteiger partial charge in [-0.3, -0.25) is 4.98 Å². The zero-order valence-corrected chi connectivity index (χ0v) is 11.8. The predicted molar refractivity (Wildman–Crippen MR) is 75.6 cm³/mol. The van der Waals surface area contributed by atoms with Crippen LogP contribution in [0.4, 0.5) is 0 Å². The van der Waals surface area contributed by atoms with E-state index in [2.05, 4.69) is 20.2 Å². The Labute approximate surface area is 126 Å². The molecular weight excluding hydrogens is 284 g/mol. The maximum absolute atomic E-state index is 11.7. The van der Waals surface area contributed by atoms with Crippen LogP contribution in [-0.4, -0.2) is 26.1 Å². The van der Waals surface area contributed by atoms with Gasteiger partial charge in [0.15, 0.2) is 12.3 Å². The number of nitrogens with zero attached hydrogens (tertiary/aromatic N) is 4. The summed E-state index contributed by atoms with van der Waals surface area (Å²) in [6, 6.07) is 7.69. The first-order valence-corrected chi connectivity index (χ1v) is 6.55. The Morgan fingerprint density at radius 3 is 2.95 bits per heavy atom. The second kappa shape index (κ2) is 6.13. The van der Waals surface area contributed by atoms with Crippen LogP contribution < -0.4 is 0 Å². The lowest BCUT2D eigenvalue weighted by atomic mass is 10.1. The van der Waals surface area contributed by atoms with Gasteiger partial charge < -0.3 is 9.15 Å². The van der Waals surface area contributed by atoms with Gasteiger partial charge >= 0.3 is 5.97 Å². The van der Waals surface area contributed by atoms with Gasteiger partial charge in [-0.2, -0.15) is 0 Å². The molecule has 7 heteroatoms. The van der Waals surface area contributed by atoms with E-state index >= 15 is 0 Å². The highest BCUT2D eigenvalue weighted by Crippen LogP contribution is 2.19. The third-order valence-electron chi connectivity index (χ3n) is 2.83. The van der Waals surface area contributed by atoms with Crippen molar-refractivity contribution in [1.82, 2.24) is 20.2 Å². The smallest absolute Gasteiger partial charge is 0.359 e. The second-order valence-electron chi connectivity index (χ2n) is 4.54. The Bertz CT molecular complexity index is 786. The molecule has 0 aliphatic carbocycles. The number of carbonyl (C=O) groups is 1. The Morgan fingerprint density at radius 1 is 1.27 bits per heavy atom. The number of carbonyl (C=O) groups excluding carboxylic acids is 1. The van der Waals surface area contributed by atoms with Gasteiger partial charge in [0, 0.05) is 18.0 Å². The average molecular weight is 296 g/mol. The summed E-state index contributed by atoms with van der Waals surface area (Å²) in [5.74, 6) is 0.00593. The van der Waals surface area contributed by atoms with E-state index in [1.165, 1.54) is 18.6 Å². The number of esters is 1. The number of rotatable bonds is 4. The van der Waals surface area contributed by atoms with Crippen LogP contribution in [0.15, 0.2) is 47.3 Å². The standard InChI is InChI=1S/C15H12N4O3/c1-10-3-2-4-11(7-10)14-19-18-13(22-14)9-21-15(20)12-8-16-5-6-17-12/h2-8H,9H2,1H3. The molecule has 0 spiro atoms. The van der Waals surface area contributed by atoms with Gasteiger partial charge in [-0.15, -0.1) is 10.2 Å². The van der Waals surface area contributed by atoms with E-state index in [-0.39, 0.29) is 18.2 Å². The molecular formula is C15H12N4O3. The predicted octanol–water partition coefficient (Wildman–Crippen LogP) is 2.19. The van der Waals surface area contributed by atoms with Crippen molar-refractivity contribution in [3.05, 3.63) is 60.0 Å². The maximum Gasteiger partial charge on any atom is 0.359 e. The number of aromatic nitrogens is 4. The molecule has 0 aliphatic rings. The number of aryl methyl sites for hydroxylation is 1. The molecule has 3 aromatic rings. The molecule has 2 aromatic heterocycles. The van der Waals surface area contributed by atoms with Crippen LogP contribution >= 0.6 is 0 Å². The monoisotopic (exact) mass is 296 g/mol. The molecule has 22 heavy (non-hydrogen) atoms. The highest BCUT2D eigenvalue weighted by atomic mass is 16.5. The van der Waals surface area contributed by atoms with Gasteiger partial charge in [0.25, 0.3) is 5.89 Å². The fourth-order valence-electron chi connectivity index (χ4n) is 1.81. The summed E-state index contributed by atoms with van der Waals surface area (Å²) < 4.78 is 10.5. The molecule has 1 aromatic carbocycles. The molecule has 0 radical (unpaired) electrons. The Morgan fingerprint density at radius 2 is 2.18 bits per heavy atom. The first-order chi connectivity index (χ1) is 10.7. The van der Waals surface area contributed by atoms with Crippen LogP contribution in [0.1, 0.15) is 21.9 Å². The minimum absolute atomic E-state index is 0.117. The van der Waals surface area contributed by atoms with Crippen molar-refractivity contribution in [1.29, 1.82) is 0 Å². The van der Waals surface area contributed by atoms with Crippen molar-refractivity contribution in [2.75, 3.05) is 0 Å². The van der Waals surface area contributed by atoms with Gasteiger partial charge in [-0.25, -0.2) is 9.78 Å². The molecule has 0 aliphatic heterocycles. The molecule has 0 unspecified atom stereocenters. The quantitative estimate of drug-likeness (QED) is 0.681. The average Bonchev–Trinajstić information content (AvgIpc) is 3.02. The minimum Gasteiger partial charge on any atom is -0.451 e. The molecule has 2 heterocycles. The van der Waals surface area contributed by atoms with Crippen LogP contribution in [0.3, 0.4) is 0 Å². The fourth-order valence-corrected chi connectivity index (χ4v) is 1.81. The Hall–Kier alpha value is -3.09. The van der Waals surface area contributed by atoms with Gasteiger partial charge in [-0.1, -0.05) is 17.7 Å². The van der Waals surface area contributed by atoms with Crippen LogP contribution in [0.5, 0.6) is 0 Å². The highest BCUT2D eigenvalue weighted by molar-refractivity contribution is 5.86. The molecule has 110 valence electrons. The molecule has 0 bridgehead atoms. The van der Waals surface area contributed by atoms with Gasteiger partial charge in [0.1, 0.15) is 0 Å². The highest BCUT2D eigenvalue weighted by Gasteiger charge is 2.13. The third-order valence-corrected chi connectivity index (χ3v) is 2.83. The van der Waals surface area contributed by atoms with Crippen LogP contribution in [0, 0.1) is 6.92 Å². The van der Waals surface area contributed by atoms with E-state index in [1.807, 2.05) is 31.2 Å². The molecule has 0 N–H and O–H groups in total. The van der Waals surface area contributed by atoms with E-state index < -0.39 is 5.97 Å². The lowest BCUT2D eigenvalue weighted by Gasteiger charge is -2.00. The van der Waals surface area contributed by atoms with E-state index in [0.29, 0.717) is 5.89 Å². The van der Waals surface area contributed by atoms with Crippen LogP contribution in [-0.2, 0) is 11.3 Å². The first-order valence-electron chi connectivity index (χ1n) is 6.55. The van der Waals surface area contributed by atoms with Crippen LogP contribution in [0.25, 0.3) is 11.5 Å². The zero-order chi connectivity index (χ0) is 15.4. The summed E-state index contributed by atoms with van der Waals surface area (Å²) in [7, 11) is 0.